The Bertz CT molecular complexity index is 1330. The molecule has 35 heavy (non-hydrogen) atoms. The summed E-state index contributed by atoms with van der Waals surface area (Å²) in [7, 11) is -1.54. The zero-order valence-electron chi connectivity index (χ0n) is 20.3. The number of para-hydroxylation sites is 1. The second-order valence-corrected chi connectivity index (χ2v) is 9.99. The van der Waals surface area contributed by atoms with Crippen LogP contribution < -0.4 is 19.1 Å². The van der Waals surface area contributed by atoms with Gasteiger partial charge in [-0.25, -0.2) is 12.8 Å². The minimum Gasteiger partial charge on any atom is -0.493 e. The van der Waals surface area contributed by atoms with E-state index >= 15 is 0 Å². The number of sulfonamides is 1. The second kappa shape index (κ2) is 10.8. The summed E-state index contributed by atoms with van der Waals surface area (Å²) in [5, 5.41) is 2.84. The minimum atomic E-state index is -4.35. The van der Waals surface area contributed by atoms with Crippen LogP contribution in [0.3, 0.4) is 0 Å². The predicted molar refractivity (Wildman–Crippen MR) is 133 cm³/mol. The summed E-state index contributed by atoms with van der Waals surface area (Å²) >= 11 is 0. The molecule has 0 spiro atoms. The molecule has 3 aromatic rings. The zero-order valence-corrected chi connectivity index (χ0v) is 21.1. The molecule has 0 saturated heterocycles. The summed E-state index contributed by atoms with van der Waals surface area (Å²) < 4.78 is 53.2. The average Bonchev–Trinajstić information content (AvgIpc) is 2.83. The molecule has 3 aromatic carbocycles. The lowest BCUT2D eigenvalue weighted by molar-refractivity contribution is -0.120. The van der Waals surface area contributed by atoms with E-state index in [1.807, 2.05) is 39.0 Å². The Kier molecular flexibility index (Phi) is 8.01. The van der Waals surface area contributed by atoms with Crippen molar-refractivity contribution in [3.05, 3.63) is 83.2 Å². The zero-order chi connectivity index (χ0) is 25.8. The third kappa shape index (κ3) is 5.74. The number of carbonyl (C=O) groups excluding carboxylic acids is 1. The Hall–Kier alpha value is -3.59. The van der Waals surface area contributed by atoms with Crippen LogP contribution in [-0.2, 0) is 14.8 Å². The van der Waals surface area contributed by atoms with Crippen molar-refractivity contribution in [2.45, 2.75) is 31.7 Å². The summed E-state index contributed by atoms with van der Waals surface area (Å²) in [6.07, 6.45) is 0. The number of nitrogens with zero attached hydrogens (tertiary/aromatic N) is 1. The van der Waals surface area contributed by atoms with Crippen LogP contribution in [0.4, 0.5) is 10.1 Å². The Balaban J connectivity index is 1.97. The molecule has 0 aromatic heterocycles. The van der Waals surface area contributed by atoms with Gasteiger partial charge in [-0.2, -0.15) is 0 Å². The first-order valence-electron chi connectivity index (χ1n) is 10.9. The van der Waals surface area contributed by atoms with Crippen LogP contribution in [0.25, 0.3) is 0 Å². The van der Waals surface area contributed by atoms with Crippen LogP contribution in [0.5, 0.6) is 11.5 Å². The van der Waals surface area contributed by atoms with E-state index in [0.29, 0.717) is 5.75 Å². The van der Waals surface area contributed by atoms with E-state index in [1.54, 1.807) is 0 Å². The second-order valence-electron chi connectivity index (χ2n) is 8.13. The van der Waals surface area contributed by atoms with Crippen LogP contribution in [0.15, 0.2) is 65.6 Å². The summed E-state index contributed by atoms with van der Waals surface area (Å²) in [6.45, 7) is 5.08. The first kappa shape index (κ1) is 26.0. The molecule has 7 nitrogen and oxygen atoms in total. The van der Waals surface area contributed by atoms with E-state index < -0.39 is 28.3 Å². The number of rotatable bonds is 9. The smallest absolute Gasteiger partial charge is 0.265 e. The topological polar surface area (TPSA) is 84.9 Å². The summed E-state index contributed by atoms with van der Waals surface area (Å²) in [5.74, 6) is -0.823. The van der Waals surface area contributed by atoms with Gasteiger partial charge in [-0.05, 0) is 56.2 Å². The average molecular weight is 501 g/mol. The number of halogens is 1. The fraction of sp³-hybridized carbons (Fsp3) is 0.269. The maximum Gasteiger partial charge on any atom is 0.265 e. The molecule has 1 amide bonds. The number of anilines is 1. The maximum absolute atomic E-state index is 14.7. The lowest BCUT2D eigenvalue weighted by atomic mass is 10.00. The van der Waals surface area contributed by atoms with Gasteiger partial charge in [0.1, 0.15) is 12.4 Å². The lowest BCUT2D eigenvalue weighted by Crippen LogP contribution is -2.42. The summed E-state index contributed by atoms with van der Waals surface area (Å²) in [6, 6.07) is 15.0. The van der Waals surface area contributed by atoms with Crippen molar-refractivity contribution in [3.63, 3.8) is 0 Å². The highest BCUT2D eigenvalue weighted by atomic mass is 32.2. The highest BCUT2D eigenvalue weighted by Crippen LogP contribution is 2.33. The molecular weight excluding hydrogens is 471 g/mol. The molecule has 0 radical (unpaired) electrons. The number of hydrogen-bond acceptors (Lipinski definition) is 5. The predicted octanol–water partition coefficient (Wildman–Crippen LogP) is 4.53. The largest absolute Gasteiger partial charge is 0.493 e. The number of nitrogens with one attached hydrogen (secondary N) is 1. The standard InChI is InChI=1S/C26H29FN2O5S/c1-17-10-11-18(2)21(14-17)19(3)28-26(30)16-29(23-9-7-6-8-22(23)27)35(31,32)20-12-13-24(33-4)25(15-20)34-5/h6-15,19H,16H2,1-5H3,(H,28,30). The number of amides is 1. The molecule has 0 saturated carbocycles. The van der Waals surface area contributed by atoms with Crippen LogP contribution in [0.2, 0.25) is 0 Å². The minimum absolute atomic E-state index is 0.172. The molecule has 0 heterocycles. The Labute approximate surface area is 205 Å². The molecule has 1 unspecified atom stereocenters. The first-order valence-corrected chi connectivity index (χ1v) is 12.4. The van der Waals surface area contributed by atoms with Crippen molar-refractivity contribution < 1.29 is 27.1 Å². The molecule has 1 N–H and O–H groups in total. The normalized spacial score (nSPS) is 12.1. The third-order valence-electron chi connectivity index (χ3n) is 5.63. The van der Waals surface area contributed by atoms with Crippen LogP contribution in [0, 0.1) is 19.7 Å². The van der Waals surface area contributed by atoms with E-state index in [4.69, 9.17) is 9.47 Å². The monoisotopic (exact) mass is 500 g/mol. The van der Waals surface area contributed by atoms with Gasteiger partial charge in [0.15, 0.2) is 11.5 Å². The van der Waals surface area contributed by atoms with Gasteiger partial charge < -0.3 is 14.8 Å². The van der Waals surface area contributed by atoms with Crippen molar-refractivity contribution in [1.29, 1.82) is 0 Å². The third-order valence-corrected chi connectivity index (χ3v) is 7.39. The number of hydrogen-bond donors (Lipinski definition) is 1. The van der Waals surface area contributed by atoms with E-state index in [1.165, 1.54) is 50.6 Å². The quantitative estimate of drug-likeness (QED) is 0.467. The Morgan fingerprint density at radius 1 is 1.00 bits per heavy atom. The van der Waals surface area contributed by atoms with E-state index in [9.17, 15) is 17.6 Å². The number of ether oxygens (including phenoxy) is 2. The van der Waals surface area contributed by atoms with Gasteiger partial charge in [-0.1, -0.05) is 35.9 Å². The van der Waals surface area contributed by atoms with Gasteiger partial charge in [0.2, 0.25) is 5.91 Å². The highest BCUT2D eigenvalue weighted by molar-refractivity contribution is 7.92. The molecule has 186 valence electrons. The molecule has 9 heteroatoms. The fourth-order valence-electron chi connectivity index (χ4n) is 3.78. The van der Waals surface area contributed by atoms with Crippen molar-refractivity contribution in [3.8, 4) is 11.5 Å². The fourth-order valence-corrected chi connectivity index (χ4v) is 5.22. The van der Waals surface area contributed by atoms with Gasteiger partial charge in [0.05, 0.1) is 30.8 Å². The van der Waals surface area contributed by atoms with Crippen molar-refractivity contribution in [1.82, 2.24) is 5.32 Å². The van der Waals surface area contributed by atoms with Crippen LogP contribution in [-0.4, -0.2) is 35.1 Å². The molecule has 1 atom stereocenters. The molecule has 0 aliphatic rings. The number of methoxy groups -OCH3 is 2. The van der Waals surface area contributed by atoms with Gasteiger partial charge in [-0.15, -0.1) is 0 Å². The number of benzene rings is 3. The summed E-state index contributed by atoms with van der Waals surface area (Å²) in [5.41, 5.74) is 2.71. The van der Waals surface area contributed by atoms with E-state index in [-0.39, 0.29) is 22.4 Å². The van der Waals surface area contributed by atoms with Gasteiger partial charge >= 0.3 is 0 Å². The molecule has 0 fully saturated rings. The van der Waals surface area contributed by atoms with Crippen molar-refractivity contribution in [2.75, 3.05) is 25.1 Å². The molecule has 3 rings (SSSR count). The van der Waals surface area contributed by atoms with Crippen LogP contribution >= 0.6 is 0 Å². The maximum atomic E-state index is 14.7. The SMILES string of the molecule is COc1ccc(S(=O)(=O)N(CC(=O)NC(C)c2cc(C)ccc2C)c2ccccc2F)cc1OC. The van der Waals surface area contributed by atoms with Crippen LogP contribution in [0.1, 0.15) is 29.7 Å². The summed E-state index contributed by atoms with van der Waals surface area (Å²) in [4.78, 5) is 12.9. The van der Waals surface area contributed by atoms with Gasteiger partial charge in [-0.3, -0.25) is 9.10 Å². The van der Waals surface area contributed by atoms with Crippen molar-refractivity contribution in [2.24, 2.45) is 0 Å². The van der Waals surface area contributed by atoms with Gasteiger partial charge in [0, 0.05) is 6.07 Å². The lowest BCUT2D eigenvalue weighted by Gasteiger charge is -2.26. The molecule has 0 aliphatic carbocycles. The van der Waals surface area contributed by atoms with E-state index in [2.05, 4.69) is 5.32 Å². The number of aryl methyl sites for hydroxylation is 2. The molecule has 0 aliphatic heterocycles. The molecule has 0 bridgehead atoms. The number of carbonyl (C=O) groups is 1. The highest BCUT2D eigenvalue weighted by Gasteiger charge is 2.30. The first-order chi connectivity index (χ1) is 16.6. The van der Waals surface area contributed by atoms with E-state index in [0.717, 1.165) is 27.1 Å². The Morgan fingerprint density at radius 2 is 1.69 bits per heavy atom. The molecular formula is C26H29FN2O5S. The van der Waals surface area contributed by atoms with Crippen molar-refractivity contribution >= 4 is 21.6 Å². The Morgan fingerprint density at radius 3 is 2.34 bits per heavy atom. The van der Waals surface area contributed by atoms with Gasteiger partial charge in [0.25, 0.3) is 10.0 Å².